The summed E-state index contributed by atoms with van der Waals surface area (Å²) in [5.74, 6) is 0.456. The molecule has 30 heavy (non-hydrogen) atoms. The number of furan rings is 1. The lowest BCUT2D eigenvalue weighted by Gasteiger charge is -2.30. The smallest absolute Gasteiger partial charge is 0.291 e. The van der Waals surface area contributed by atoms with Crippen LogP contribution in [0.1, 0.15) is 47.1 Å². The Bertz CT molecular complexity index is 1070. The lowest BCUT2D eigenvalue weighted by Crippen LogP contribution is -2.30. The van der Waals surface area contributed by atoms with Crippen LogP contribution >= 0.6 is 11.6 Å². The number of ketones is 1. The molecule has 1 aliphatic heterocycles. The van der Waals surface area contributed by atoms with Crippen LogP contribution in [0.4, 0.5) is 11.4 Å². The number of Topliss-reactive ketones (excluding diaryl/α,β-unsaturated/α-hetero) is 1. The van der Waals surface area contributed by atoms with Gasteiger partial charge in [-0.15, -0.1) is 0 Å². The van der Waals surface area contributed by atoms with Crippen molar-refractivity contribution in [2.75, 3.05) is 23.3 Å². The van der Waals surface area contributed by atoms with Crippen LogP contribution in [-0.2, 0) is 0 Å². The molecule has 0 atom stereocenters. The van der Waals surface area contributed by atoms with E-state index >= 15 is 0 Å². The van der Waals surface area contributed by atoms with Gasteiger partial charge in [0.15, 0.2) is 11.5 Å². The summed E-state index contributed by atoms with van der Waals surface area (Å²) in [6.45, 7) is 3.45. The second kappa shape index (κ2) is 8.76. The van der Waals surface area contributed by atoms with E-state index < -0.39 is 0 Å². The van der Waals surface area contributed by atoms with Crippen molar-refractivity contribution in [1.29, 1.82) is 0 Å². The Morgan fingerprint density at radius 2 is 1.70 bits per heavy atom. The monoisotopic (exact) mass is 422 g/mol. The number of carbonyl (C=O) groups excluding carboxylic acids is 2. The number of hydrogen-bond donors (Lipinski definition) is 1. The molecule has 0 spiro atoms. The standard InChI is InChI=1S/C24H23ClN2O3/c1-16(28)17-5-7-18(8-6-17)22-11-12-23(30-22)24(29)26-20-15-19(25)9-10-21(20)27-13-3-2-4-14-27/h5-12,15H,2-4,13-14H2,1H3,(H,26,29). The molecule has 2 aromatic carbocycles. The lowest BCUT2D eigenvalue weighted by atomic mass is 10.1. The van der Waals surface area contributed by atoms with Gasteiger partial charge in [-0.3, -0.25) is 9.59 Å². The molecular weight excluding hydrogens is 400 g/mol. The van der Waals surface area contributed by atoms with Crippen LogP contribution in [0, 0.1) is 0 Å². The third kappa shape index (κ3) is 4.41. The summed E-state index contributed by atoms with van der Waals surface area (Å²) in [7, 11) is 0. The number of anilines is 2. The number of hydrogen-bond acceptors (Lipinski definition) is 4. The van der Waals surface area contributed by atoms with Gasteiger partial charge >= 0.3 is 0 Å². The van der Waals surface area contributed by atoms with Gasteiger partial charge in [-0.1, -0.05) is 35.9 Å². The van der Waals surface area contributed by atoms with E-state index in [1.165, 1.54) is 13.3 Å². The topological polar surface area (TPSA) is 62.6 Å². The van der Waals surface area contributed by atoms with Gasteiger partial charge in [0.1, 0.15) is 5.76 Å². The Kier molecular flexibility index (Phi) is 5.91. The van der Waals surface area contributed by atoms with Crippen molar-refractivity contribution in [2.24, 2.45) is 0 Å². The van der Waals surface area contributed by atoms with Crippen LogP contribution in [0.25, 0.3) is 11.3 Å². The highest BCUT2D eigenvalue weighted by atomic mass is 35.5. The fourth-order valence-electron chi connectivity index (χ4n) is 3.69. The van der Waals surface area contributed by atoms with Gasteiger partial charge in [-0.2, -0.15) is 0 Å². The SMILES string of the molecule is CC(=O)c1ccc(-c2ccc(C(=O)Nc3cc(Cl)ccc3N3CCCCC3)o2)cc1. The minimum absolute atomic E-state index is 0.00657. The summed E-state index contributed by atoms with van der Waals surface area (Å²) in [5.41, 5.74) is 3.09. The molecule has 0 aliphatic carbocycles. The van der Waals surface area contributed by atoms with Gasteiger partial charge in [0.2, 0.25) is 0 Å². The van der Waals surface area contributed by atoms with Gasteiger partial charge in [-0.25, -0.2) is 0 Å². The summed E-state index contributed by atoms with van der Waals surface area (Å²) in [5, 5.41) is 3.52. The second-order valence-corrected chi connectivity index (χ2v) is 7.90. The predicted molar refractivity (Wildman–Crippen MR) is 120 cm³/mol. The molecule has 4 rings (SSSR count). The van der Waals surface area contributed by atoms with Crippen molar-refractivity contribution in [3.63, 3.8) is 0 Å². The predicted octanol–water partition coefficient (Wildman–Crippen LogP) is 6.05. The molecule has 0 saturated carbocycles. The maximum Gasteiger partial charge on any atom is 0.291 e. The number of carbonyl (C=O) groups is 2. The number of benzene rings is 2. The molecule has 1 saturated heterocycles. The molecule has 2 heterocycles. The summed E-state index contributed by atoms with van der Waals surface area (Å²) in [4.78, 5) is 26.6. The largest absolute Gasteiger partial charge is 0.451 e. The molecule has 6 heteroatoms. The number of nitrogens with zero attached hydrogens (tertiary/aromatic N) is 1. The normalized spacial score (nSPS) is 13.9. The van der Waals surface area contributed by atoms with Crippen molar-refractivity contribution >= 4 is 34.7 Å². The zero-order valence-electron chi connectivity index (χ0n) is 16.8. The molecule has 1 aromatic heterocycles. The van der Waals surface area contributed by atoms with Crippen LogP contribution < -0.4 is 10.2 Å². The molecular formula is C24H23ClN2O3. The Hall–Kier alpha value is -3.05. The van der Waals surface area contributed by atoms with E-state index in [1.54, 1.807) is 30.3 Å². The zero-order chi connectivity index (χ0) is 21.1. The Morgan fingerprint density at radius 3 is 2.40 bits per heavy atom. The van der Waals surface area contributed by atoms with Crippen LogP contribution in [0.2, 0.25) is 5.02 Å². The maximum absolute atomic E-state index is 12.8. The van der Waals surface area contributed by atoms with Crippen molar-refractivity contribution in [3.8, 4) is 11.3 Å². The van der Waals surface area contributed by atoms with Crippen LogP contribution in [0.3, 0.4) is 0 Å². The number of rotatable bonds is 5. The first-order valence-corrected chi connectivity index (χ1v) is 10.5. The molecule has 1 aliphatic rings. The minimum Gasteiger partial charge on any atom is -0.451 e. The molecule has 0 radical (unpaired) electrons. The maximum atomic E-state index is 12.8. The van der Waals surface area contributed by atoms with Crippen molar-refractivity contribution < 1.29 is 14.0 Å². The second-order valence-electron chi connectivity index (χ2n) is 7.46. The third-order valence-electron chi connectivity index (χ3n) is 5.31. The van der Waals surface area contributed by atoms with Crippen LogP contribution in [0.15, 0.2) is 59.0 Å². The molecule has 0 bridgehead atoms. The number of nitrogens with one attached hydrogen (secondary N) is 1. The quantitative estimate of drug-likeness (QED) is 0.509. The highest BCUT2D eigenvalue weighted by Gasteiger charge is 2.19. The number of halogens is 1. The van der Waals surface area contributed by atoms with Gasteiger partial charge in [0.05, 0.1) is 11.4 Å². The summed E-state index contributed by atoms with van der Waals surface area (Å²) < 4.78 is 5.78. The summed E-state index contributed by atoms with van der Waals surface area (Å²) in [6.07, 6.45) is 3.51. The first-order chi connectivity index (χ1) is 14.5. The van der Waals surface area contributed by atoms with Gasteiger partial charge in [-0.05, 0) is 56.5 Å². The molecule has 3 aromatic rings. The van der Waals surface area contributed by atoms with Crippen molar-refractivity contribution in [2.45, 2.75) is 26.2 Å². The fraction of sp³-hybridized carbons (Fsp3) is 0.250. The Labute approximate surface area is 180 Å². The summed E-state index contributed by atoms with van der Waals surface area (Å²) >= 11 is 6.19. The molecule has 1 fully saturated rings. The molecule has 1 amide bonds. The van der Waals surface area contributed by atoms with E-state index in [4.69, 9.17) is 16.0 Å². The van der Waals surface area contributed by atoms with E-state index in [2.05, 4.69) is 10.2 Å². The Morgan fingerprint density at radius 1 is 0.967 bits per heavy atom. The van der Waals surface area contributed by atoms with Crippen LogP contribution in [-0.4, -0.2) is 24.8 Å². The van der Waals surface area contributed by atoms with E-state index in [1.807, 2.05) is 24.3 Å². The van der Waals surface area contributed by atoms with E-state index in [-0.39, 0.29) is 17.5 Å². The van der Waals surface area contributed by atoms with E-state index in [0.717, 1.165) is 37.2 Å². The zero-order valence-corrected chi connectivity index (χ0v) is 17.5. The molecule has 1 N–H and O–H groups in total. The number of piperidine rings is 1. The lowest BCUT2D eigenvalue weighted by molar-refractivity contribution is 0.0994. The van der Waals surface area contributed by atoms with Gasteiger partial charge < -0.3 is 14.6 Å². The van der Waals surface area contributed by atoms with Crippen molar-refractivity contribution in [1.82, 2.24) is 0 Å². The van der Waals surface area contributed by atoms with Gasteiger partial charge in [0.25, 0.3) is 5.91 Å². The first-order valence-electron chi connectivity index (χ1n) is 10.1. The molecule has 0 unspecified atom stereocenters. The molecule has 154 valence electrons. The van der Waals surface area contributed by atoms with Crippen LogP contribution in [0.5, 0.6) is 0 Å². The average molecular weight is 423 g/mol. The Balaban J connectivity index is 1.53. The highest BCUT2D eigenvalue weighted by Crippen LogP contribution is 2.32. The summed E-state index contributed by atoms with van der Waals surface area (Å²) in [6, 6.07) is 16.1. The molecule has 5 nitrogen and oxygen atoms in total. The van der Waals surface area contributed by atoms with E-state index in [9.17, 15) is 9.59 Å². The first kappa shape index (κ1) is 20.2. The highest BCUT2D eigenvalue weighted by molar-refractivity contribution is 6.31. The van der Waals surface area contributed by atoms with E-state index in [0.29, 0.717) is 22.0 Å². The number of amides is 1. The fourth-order valence-corrected chi connectivity index (χ4v) is 3.86. The average Bonchev–Trinajstić information content (AvgIpc) is 3.25. The minimum atomic E-state index is -0.331. The van der Waals surface area contributed by atoms with Gasteiger partial charge in [0, 0.05) is 29.2 Å². The van der Waals surface area contributed by atoms with Crippen molar-refractivity contribution in [3.05, 3.63) is 70.9 Å². The third-order valence-corrected chi connectivity index (χ3v) is 5.54.